The van der Waals surface area contributed by atoms with Crippen LogP contribution in [0.1, 0.15) is 30.9 Å². The zero-order chi connectivity index (χ0) is 24.3. The number of hydrogen-bond acceptors (Lipinski definition) is 4. The molecule has 180 valence electrons. The van der Waals surface area contributed by atoms with Crippen LogP contribution in [-0.4, -0.2) is 46.4 Å². The van der Waals surface area contributed by atoms with Crippen molar-refractivity contribution in [2.24, 2.45) is 0 Å². The van der Waals surface area contributed by atoms with Crippen LogP contribution in [0.5, 0.6) is 0 Å². The first-order chi connectivity index (χ1) is 15.4. The van der Waals surface area contributed by atoms with Gasteiger partial charge in [-0.1, -0.05) is 36.4 Å². The molecule has 1 unspecified atom stereocenters. The number of ether oxygens (including phenoxy) is 1. The van der Waals surface area contributed by atoms with E-state index in [9.17, 15) is 26.4 Å². The van der Waals surface area contributed by atoms with Gasteiger partial charge in [-0.25, -0.2) is 8.42 Å². The van der Waals surface area contributed by atoms with E-state index >= 15 is 0 Å². The molecule has 1 atom stereocenters. The smallest absolute Gasteiger partial charge is 0.381 e. The van der Waals surface area contributed by atoms with E-state index in [2.05, 4.69) is 5.32 Å². The Labute approximate surface area is 191 Å². The minimum Gasteiger partial charge on any atom is -0.381 e. The second-order valence-electron chi connectivity index (χ2n) is 8.26. The fourth-order valence-corrected chi connectivity index (χ4v) is 5.32. The number of rotatable bonds is 7. The Morgan fingerprint density at radius 3 is 2.33 bits per heavy atom. The van der Waals surface area contributed by atoms with Crippen LogP contribution in [-0.2, 0) is 31.1 Å². The lowest BCUT2D eigenvalue weighted by Crippen LogP contribution is -2.51. The Hall–Kier alpha value is -2.59. The van der Waals surface area contributed by atoms with Crippen molar-refractivity contribution in [1.82, 2.24) is 5.32 Å². The molecule has 1 aliphatic heterocycles. The van der Waals surface area contributed by atoms with E-state index in [1.165, 1.54) is 13.0 Å². The number of carbonyl (C=O) groups excluding carboxylic acids is 1. The molecule has 3 rings (SSSR count). The molecule has 1 heterocycles. The maximum absolute atomic E-state index is 13.2. The van der Waals surface area contributed by atoms with E-state index in [1.807, 2.05) is 30.3 Å². The average molecular weight is 485 g/mol. The third-order valence-corrected chi connectivity index (χ3v) is 7.20. The number of carbonyl (C=O) groups is 1. The summed E-state index contributed by atoms with van der Waals surface area (Å²) in [5.74, 6) is -0.598. The molecule has 1 aliphatic rings. The third-order valence-electron chi connectivity index (χ3n) is 5.95. The molecule has 2 aromatic carbocycles. The van der Waals surface area contributed by atoms with Gasteiger partial charge in [-0.05, 0) is 43.5 Å². The van der Waals surface area contributed by atoms with Gasteiger partial charge in [0.25, 0.3) is 0 Å². The lowest BCUT2D eigenvalue weighted by atomic mass is 9.74. The molecule has 2 aromatic rings. The molecule has 1 amide bonds. The second-order valence-corrected chi connectivity index (χ2v) is 10.1. The zero-order valence-corrected chi connectivity index (χ0v) is 19.2. The number of anilines is 1. The number of alkyl halides is 3. The molecule has 33 heavy (non-hydrogen) atoms. The van der Waals surface area contributed by atoms with Crippen LogP contribution in [0, 0.1) is 0 Å². The molecule has 0 aromatic heterocycles. The van der Waals surface area contributed by atoms with E-state index in [4.69, 9.17) is 4.74 Å². The lowest BCUT2D eigenvalue weighted by Gasteiger charge is -2.38. The van der Waals surface area contributed by atoms with Crippen LogP contribution in [0.3, 0.4) is 0 Å². The number of benzene rings is 2. The standard InChI is InChI=1S/C23H27F3N2O4S/c1-17(28(33(2,30)31)20-10-6-9-19(15-20)23(24,25)26)21(29)27-16-22(11-13-32-14-12-22)18-7-4-3-5-8-18/h3-10,15,17H,11-14,16H2,1-2H3,(H,27,29). The van der Waals surface area contributed by atoms with Gasteiger partial charge in [0.05, 0.1) is 17.5 Å². The van der Waals surface area contributed by atoms with Gasteiger partial charge in [-0.3, -0.25) is 9.10 Å². The van der Waals surface area contributed by atoms with Crippen molar-refractivity contribution < 1.29 is 31.1 Å². The molecular weight excluding hydrogens is 457 g/mol. The number of nitrogens with zero attached hydrogens (tertiary/aromatic N) is 1. The van der Waals surface area contributed by atoms with E-state index in [0.29, 0.717) is 26.1 Å². The highest BCUT2D eigenvalue weighted by Crippen LogP contribution is 2.35. The SMILES string of the molecule is CC(C(=O)NCC1(c2ccccc2)CCOCC1)N(c1cccc(C(F)(F)F)c1)S(C)(=O)=O. The minimum absolute atomic E-state index is 0.223. The number of hydrogen-bond donors (Lipinski definition) is 1. The van der Waals surface area contributed by atoms with Crippen molar-refractivity contribution in [2.75, 3.05) is 30.3 Å². The Balaban J connectivity index is 1.84. The number of nitrogens with one attached hydrogen (secondary N) is 1. The van der Waals surface area contributed by atoms with Crippen LogP contribution in [0.15, 0.2) is 54.6 Å². The van der Waals surface area contributed by atoms with E-state index in [1.54, 1.807) is 0 Å². The molecule has 6 nitrogen and oxygen atoms in total. The van der Waals surface area contributed by atoms with Crippen molar-refractivity contribution in [1.29, 1.82) is 0 Å². The summed E-state index contributed by atoms with van der Waals surface area (Å²) in [5, 5.41) is 2.84. The first kappa shape index (κ1) is 25.0. The summed E-state index contributed by atoms with van der Waals surface area (Å²) in [6, 6.07) is 12.4. The summed E-state index contributed by atoms with van der Waals surface area (Å²) >= 11 is 0. The molecule has 1 fully saturated rings. The highest BCUT2D eigenvalue weighted by molar-refractivity contribution is 7.92. The quantitative estimate of drug-likeness (QED) is 0.650. The summed E-state index contributed by atoms with van der Waals surface area (Å²) < 4.78 is 70.6. The van der Waals surface area contributed by atoms with Gasteiger partial charge < -0.3 is 10.1 Å². The second kappa shape index (κ2) is 9.72. The van der Waals surface area contributed by atoms with Gasteiger partial charge in [0, 0.05) is 25.2 Å². The van der Waals surface area contributed by atoms with Gasteiger partial charge in [0.1, 0.15) is 6.04 Å². The van der Waals surface area contributed by atoms with Crippen molar-refractivity contribution in [3.8, 4) is 0 Å². The van der Waals surface area contributed by atoms with E-state index < -0.39 is 33.7 Å². The van der Waals surface area contributed by atoms with Crippen LogP contribution in [0.4, 0.5) is 18.9 Å². The van der Waals surface area contributed by atoms with Crippen molar-refractivity contribution in [3.05, 3.63) is 65.7 Å². The van der Waals surface area contributed by atoms with Crippen LogP contribution in [0.25, 0.3) is 0 Å². The predicted molar refractivity (Wildman–Crippen MR) is 119 cm³/mol. The minimum atomic E-state index is -4.64. The summed E-state index contributed by atoms with van der Waals surface area (Å²) in [7, 11) is -4.05. The van der Waals surface area contributed by atoms with Crippen molar-refractivity contribution in [3.63, 3.8) is 0 Å². The first-order valence-electron chi connectivity index (χ1n) is 10.5. The molecule has 0 spiro atoms. The van der Waals surface area contributed by atoms with Gasteiger partial charge in [-0.2, -0.15) is 13.2 Å². The van der Waals surface area contributed by atoms with Crippen LogP contribution in [0.2, 0.25) is 0 Å². The van der Waals surface area contributed by atoms with E-state index in [-0.39, 0.29) is 17.6 Å². The summed E-state index contributed by atoms with van der Waals surface area (Å²) in [4.78, 5) is 13.0. The van der Waals surface area contributed by atoms with E-state index in [0.717, 1.165) is 34.3 Å². The van der Waals surface area contributed by atoms with Crippen molar-refractivity contribution in [2.45, 2.75) is 37.4 Å². The Bertz CT molecular complexity index is 1070. The maximum atomic E-state index is 13.2. The molecular formula is C23H27F3N2O4S. The van der Waals surface area contributed by atoms with Gasteiger partial charge in [0.15, 0.2) is 0 Å². The Kier molecular flexibility index (Phi) is 7.38. The molecule has 1 N–H and O–H groups in total. The monoisotopic (exact) mass is 484 g/mol. The molecule has 0 bridgehead atoms. The first-order valence-corrected chi connectivity index (χ1v) is 12.4. The maximum Gasteiger partial charge on any atom is 0.416 e. The molecule has 10 heteroatoms. The van der Waals surface area contributed by atoms with Gasteiger partial charge >= 0.3 is 6.18 Å². The fraction of sp³-hybridized carbons (Fsp3) is 0.435. The third kappa shape index (κ3) is 5.86. The summed E-state index contributed by atoms with van der Waals surface area (Å²) in [6.45, 7) is 2.67. The molecule has 1 saturated heterocycles. The fourth-order valence-electron chi connectivity index (χ4n) is 4.15. The molecule has 0 aliphatic carbocycles. The number of amides is 1. The lowest BCUT2D eigenvalue weighted by molar-refractivity contribution is -0.137. The van der Waals surface area contributed by atoms with Crippen molar-refractivity contribution >= 4 is 21.6 Å². The van der Waals surface area contributed by atoms with Gasteiger partial charge in [0.2, 0.25) is 15.9 Å². The highest BCUT2D eigenvalue weighted by atomic mass is 32.2. The average Bonchev–Trinajstić information content (AvgIpc) is 2.77. The summed E-state index contributed by atoms with van der Waals surface area (Å²) in [6.07, 6.45) is -2.43. The number of sulfonamides is 1. The predicted octanol–water partition coefficient (Wildman–Crippen LogP) is 3.72. The zero-order valence-electron chi connectivity index (χ0n) is 18.4. The normalized spacial score (nSPS) is 17.2. The Morgan fingerprint density at radius 2 is 1.76 bits per heavy atom. The largest absolute Gasteiger partial charge is 0.416 e. The molecule has 0 radical (unpaired) electrons. The van der Waals surface area contributed by atoms with Crippen LogP contribution < -0.4 is 9.62 Å². The molecule has 0 saturated carbocycles. The Morgan fingerprint density at radius 1 is 1.12 bits per heavy atom. The summed E-state index contributed by atoms with van der Waals surface area (Å²) in [5.41, 5.74) is -0.550. The van der Waals surface area contributed by atoms with Crippen LogP contribution >= 0.6 is 0 Å². The highest BCUT2D eigenvalue weighted by Gasteiger charge is 2.37. The van der Waals surface area contributed by atoms with Gasteiger partial charge in [-0.15, -0.1) is 0 Å². The number of halogens is 3. The topological polar surface area (TPSA) is 75.7 Å².